The third-order valence-electron chi connectivity index (χ3n) is 4.36. The van der Waals surface area contributed by atoms with E-state index >= 15 is 0 Å². The van der Waals surface area contributed by atoms with Gasteiger partial charge in [-0.15, -0.1) is 0 Å². The minimum absolute atomic E-state index is 0.0471. The molecule has 136 valence electrons. The van der Waals surface area contributed by atoms with Gasteiger partial charge >= 0.3 is 0 Å². The summed E-state index contributed by atoms with van der Waals surface area (Å²) in [5.41, 5.74) is 0.764. The fourth-order valence-electron chi connectivity index (χ4n) is 3.07. The lowest BCUT2D eigenvalue weighted by molar-refractivity contribution is 0.356. The van der Waals surface area contributed by atoms with Gasteiger partial charge in [-0.3, -0.25) is 4.79 Å². The maximum absolute atomic E-state index is 12.3. The fourth-order valence-corrected chi connectivity index (χ4v) is 4.56. The van der Waals surface area contributed by atoms with Gasteiger partial charge in [0.05, 0.1) is 31.1 Å². The molecular formula is C16H21N3O5S. The van der Waals surface area contributed by atoms with E-state index in [2.05, 4.69) is 15.3 Å². The number of fused-ring (bicyclic) bond motifs is 1. The van der Waals surface area contributed by atoms with E-state index in [9.17, 15) is 13.2 Å². The Morgan fingerprint density at radius 3 is 2.52 bits per heavy atom. The highest BCUT2D eigenvalue weighted by atomic mass is 32.2. The molecule has 2 heterocycles. The highest BCUT2D eigenvalue weighted by Gasteiger charge is 2.26. The minimum atomic E-state index is -2.96. The molecule has 1 aliphatic rings. The summed E-state index contributed by atoms with van der Waals surface area (Å²) in [4.78, 5) is 19.4. The number of aromatic nitrogens is 2. The molecule has 1 aromatic heterocycles. The molecule has 3 rings (SSSR count). The van der Waals surface area contributed by atoms with Gasteiger partial charge in [0.2, 0.25) is 0 Å². The first-order valence-corrected chi connectivity index (χ1v) is 9.79. The summed E-state index contributed by atoms with van der Waals surface area (Å²) in [6.45, 7) is 1.70. The number of aromatic amines is 1. The maximum Gasteiger partial charge on any atom is 0.258 e. The van der Waals surface area contributed by atoms with Crippen molar-refractivity contribution in [1.29, 1.82) is 0 Å². The summed E-state index contributed by atoms with van der Waals surface area (Å²) < 4.78 is 34.1. The van der Waals surface area contributed by atoms with E-state index < -0.39 is 9.84 Å². The molecule has 25 heavy (non-hydrogen) atoms. The Morgan fingerprint density at radius 1 is 1.24 bits per heavy atom. The van der Waals surface area contributed by atoms with Crippen molar-refractivity contribution in [2.24, 2.45) is 0 Å². The van der Waals surface area contributed by atoms with E-state index in [-0.39, 0.29) is 23.1 Å². The van der Waals surface area contributed by atoms with Gasteiger partial charge in [0.1, 0.15) is 26.9 Å². The number of aryl methyl sites for hydroxylation is 1. The Kier molecular flexibility index (Phi) is 4.59. The molecule has 0 radical (unpaired) electrons. The van der Waals surface area contributed by atoms with E-state index in [0.29, 0.717) is 46.8 Å². The first-order chi connectivity index (χ1) is 11.8. The van der Waals surface area contributed by atoms with Crippen molar-refractivity contribution in [3.63, 3.8) is 0 Å². The lowest BCUT2D eigenvalue weighted by Gasteiger charge is -2.26. The Balaban J connectivity index is 2.12. The Bertz CT molecular complexity index is 954. The van der Waals surface area contributed by atoms with Crippen LogP contribution in [0.25, 0.3) is 10.9 Å². The maximum atomic E-state index is 12.3. The van der Waals surface area contributed by atoms with E-state index in [4.69, 9.17) is 9.47 Å². The Labute approximate surface area is 145 Å². The lowest BCUT2D eigenvalue weighted by atomic mass is 10.1. The second-order valence-electron chi connectivity index (χ2n) is 6.11. The zero-order valence-electron chi connectivity index (χ0n) is 14.4. The van der Waals surface area contributed by atoms with E-state index in [1.165, 1.54) is 14.2 Å². The zero-order chi connectivity index (χ0) is 18.2. The van der Waals surface area contributed by atoms with Crippen molar-refractivity contribution >= 4 is 26.4 Å². The molecule has 0 bridgehead atoms. The van der Waals surface area contributed by atoms with Gasteiger partial charge in [-0.05, 0) is 25.8 Å². The number of H-pyrrole nitrogens is 1. The molecule has 0 spiro atoms. The SMILES string of the molecule is COc1cc2c(=O)[nH]c(C)nc2c(NC2CCS(=O)(=O)CC2)c1OC. The molecule has 0 atom stereocenters. The molecule has 1 aliphatic heterocycles. The van der Waals surface area contributed by atoms with Gasteiger partial charge in [0, 0.05) is 6.04 Å². The van der Waals surface area contributed by atoms with Crippen molar-refractivity contribution in [2.75, 3.05) is 31.0 Å². The topological polar surface area (TPSA) is 110 Å². The van der Waals surface area contributed by atoms with Crippen LogP contribution in [0.15, 0.2) is 10.9 Å². The molecule has 9 heteroatoms. The number of nitrogens with one attached hydrogen (secondary N) is 2. The molecule has 1 aromatic carbocycles. The van der Waals surface area contributed by atoms with Crippen LogP contribution in [-0.2, 0) is 9.84 Å². The normalized spacial score (nSPS) is 17.4. The number of benzene rings is 1. The van der Waals surface area contributed by atoms with Gasteiger partial charge in [0.15, 0.2) is 11.5 Å². The van der Waals surface area contributed by atoms with Crippen LogP contribution in [0, 0.1) is 6.92 Å². The van der Waals surface area contributed by atoms with Crippen LogP contribution in [0.3, 0.4) is 0 Å². The summed E-state index contributed by atoms with van der Waals surface area (Å²) >= 11 is 0. The van der Waals surface area contributed by atoms with Crippen LogP contribution in [0.2, 0.25) is 0 Å². The van der Waals surface area contributed by atoms with Crippen molar-refractivity contribution < 1.29 is 17.9 Å². The standard InChI is InChI=1S/C16H21N3O5S/c1-9-17-13-11(16(20)18-9)8-12(23-2)15(24-3)14(13)19-10-4-6-25(21,22)7-5-10/h8,10,19H,4-7H2,1-3H3,(H,17,18,20). The zero-order valence-corrected chi connectivity index (χ0v) is 15.2. The molecular weight excluding hydrogens is 346 g/mol. The van der Waals surface area contributed by atoms with Gasteiger partial charge in [0.25, 0.3) is 5.56 Å². The van der Waals surface area contributed by atoms with Gasteiger partial charge in [-0.25, -0.2) is 13.4 Å². The van der Waals surface area contributed by atoms with Crippen LogP contribution in [0.4, 0.5) is 5.69 Å². The summed E-state index contributed by atoms with van der Waals surface area (Å²) in [7, 11) is 0.0516. The van der Waals surface area contributed by atoms with Crippen LogP contribution < -0.4 is 20.3 Å². The van der Waals surface area contributed by atoms with Crippen molar-refractivity contribution in [3.8, 4) is 11.5 Å². The third kappa shape index (κ3) is 3.41. The largest absolute Gasteiger partial charge is 0.493 e. The van der Waals surface area contributed by atoms with Crippen LogP contribution >= 0.6 is 0 Å². The number of rotatable bonds is 4. The number of ether oxygens (including phenoxy) is 2. The van der Waals surface area contributed by atoms with Gasteiger partial charge in [-0.1, -0.05) is 0 Å². The Morgan fingerprint density at radius 2 is 1.92 bits per heavy atom. The van der Waals surface area contributed by atoms with E-state index in [1.54, 1.807) is 13.0 Å². The molecule has 1 saturated heterocycles. The molecule has 2 N–H and O–H groups in total. The highest BCUT2D eigenvalue weighted by Crippen LogP contribution is 2.40. The number of methoxy groups -OCH3 is 2. The first-order valence-electron chi connectivity index (χ1n) is 7.97. The summed E-state index contributed by atoms with van der Waals surface area (Å²) in [5, 5.41) is 3.71. The van der Waals surface area contributed by atoms with Gasteiger partial charge < -0.3 is 19.8 Å². The quantitative estimate of drug-likeness (QED) is 0.836. The van der Waals surface area contributed by atoms with Gasteiger partial charge in [-0.2, -0.15) is 0 Å². The predicted octanol–water partition coefficient (Wildman–Crippen LogP) is 1.24. The molecule has 0 unspecified atom stereocenters. The molecule has 2 aromatic rings. The van der Waals surface area contributed by atoms with E-state index in [1.807, 2.05) is 0 Å². The van der Waals surface area contributed by atoms with E-state index in [0.717, 1.165) is 0 Å². The predicted molar refractivity (Wildman–Crippen MR) is 95.5 cm³/mol. The molecule has 8 nitrogen and oxygen atoms in total. The first kappa shape index (κ1) is 17.5. The lowest BCUT2D eigenvalue weighted by Crippen LogP contribution is -2.32. The number of nitrogens with zero attached hydrogens (tertiary/aromatic N) is 1. The highest BCUT2D eigenvalue weighted by molar-refractivity contribution is 7.91. The van der Waals surface area contributed by atoms with Crippen molar-refractivity contribution in [1.82, 2.24) is 9.97 Å². The smallest absolute Gasteiger partial charge is 0.258 e. The molecule has 0 saturated carbocycles. The number of hydrogen-bond acceptors (Lipinski definition) is 7. The third-order valence-corrected chi connectivity index (χ3v) is 6.08. The van der Waals surface area contributed by atoms with Crippen LogP contribution in [-0.4, -0.2) is 50.2 Å². The molecule has 0 amide bonds. The summed E-state index contributed by atoms with van der Waals surface area (Å²) in [5.74, 6) is 1.63. The number of anilines is 1. The molecule has 0 aliphatic carbocycles. The summed E-state index contributed by atoms with van der Waals surface area (Å²) in [6, 6.07) is 1.55. The van der Waals surface area contributed by atoms with Crippen molar-refractivity contribution in [3.05, 3.63) is 22.2 Å². The number of sulfone groups is 1. The van der Waals surface area contributed by atoms with Crippen molar-refractivity contribution in [2.45, 2.75) is 25.8 Å². The average Bonchev–Trinajstić information content (AvgIpc) is 2.56. The van der Waals surface area contributed by atoms with Crippen LogP contribution in [0.1, 0.15) is 18.7 Å². The second-order valence-corrected chi connectivity index (χ2v) is 8.41. The second kappa shape index (κ2) is 6.55. The molecule has 1 fully saturated rings. The minimum Gasteiger partial charge on any atom is -0.493 e. The Hall–Kier alpha value is -2.29. The monoisotopic (exact) mass is 367 g/mol. The fraction of sp³-hybridized carbons (Fsp3) is 0.500. The van der Waals surface area contributed by atoms with Crippen LogP contribution in [0.5, 0.6) is 11.5 Å². The number of hydrogen-bond donors (Lipinski definition) is 2. The summed E-state index contributed by atoms with van der Waals surface area (Å²) in [6.07, 6.45) is 0.985. The average molecular weight is 367 g/mol.